The monoisotopic (exact) mass is 248 g/mol. The summed E-state index contributed by atoms with van der Waals surface area (Å²) in [5.74, 6) is -1.08. The van der Waals surface area contributed by atoms with E-state index in [1.54, 1.807) is 6.92 Å². The maximum Gasteiger partial charge on any atom is 0.129 e. The topological polar surface area (TPSA) is 24.1 Å². The fourth-order valence-electron chi connectivity index (χ4n) is 1.65. The second-order valence-corrected chi connectivity index (χ2v) is 4.02. The van der Waals surface area contributed by atoms with Crippen LogP contribution in [0.4, 0.5) is 14.5 Å². The third-order valence-corrected chi connectivity index (χ3v) is 2.70. The molecule has 18 heavy (non-hydrogen) atoms. The molecule has 0 unspecified atom stereocenters. The first-order valence-electron chi connectivity index (χ1n) is 5.65. The highest BCUT2D eigenvalue weighted by Gasteiger charge is 2.06. The summed E-state index contributed by atoms with van der Waals surface area (Å²) in [7, 11) is 0. The van der Waals surface area contributed by atoms with Crippen molar-refractivity contribution in [2.24, 2.45) is 0 Å². The van der Waals surface area contributed by atoms with Crippen molar-refractivity contribution in [2.45, 2.75) is 13.5 Å². The first kappa shape index (κ1) is 12.5. The van der Waals surface area contributed by atoms with E-state index in [-0.39, 0.29) is 0 Å². The van der Waals surface area contributed by atoms with Crippen molar-refractivity contribution in [3.8, 4) is 0 Å². The van der Waals surface area contributed by atoms with Gasteiger partial charge in [0.05, 0.1) is 0 Å². The fraction of sp³-hybridized carbons (Fsp3) is 0.143. The number of hydrazine groups is 1. The van der Waals surface area contributed by atoms with Crippen LogP contribution in [-0.2, 0) is 6.54 Å². The van der Waals surface area contributed by atoms with Crippen molar-refractivity contribution in [3.63, 3.8) is 0 Å². The van der Waals surface area contributed by atoms with Gasteiger partial charge in [0.15, 0.2) is 0 Å². The van der Waals surface area contributed by atoms with Gasteiger partial charge < -0.3 is 5.43 Å². The van der Waals surface area contributed by atoms with E-state index in [0.717, 1.165) is 11.8 Å². The van der Waals surface area contributed by atoms with Crippen LogP contribution in [0.1, 0.15) is 11.1 Å². The van der Waals surface area contributed by atoms with Crippen LogP contribution in [0.25, 0.3) is 0 Å². The maximum absolute atomic E-state index is 13.3. The molecule has 2 aromatic carbocycles. The van der Waals surface area contributed by atoms with Gasteiger partial charge in [-0.25, -0.2) is 14.2 Å². The number of anilines is 1. The van der Waals surface area contributed by atoms with E-state index in [2.05, 4.69) is 10.9 Å². The molecular formula is C14H14F2N2. The standard InChI is InChI=1S/C14H14F2N2/c1-10-11(7-12(15)8-14(10)16)9-17-18-13-5-3-2-4-6-13/h2-8,17-18H,9H2,1H3. The minimum absolute atomic E-state index is 0.343. The second-order valence-electron chi connectivity index (χ2n) is 4.02. The quantitative estimate of drug-likeness (QED) is 0.810. The van der Waals surface area contributed by atoms with Gasteiger partial charge >= 0.3 is 0 Å². The van der Waals surface area contributed by atoms with Crippen molar-refractivity contribution in [3.05, 3.63) is 65.2 Å². The Hall–Kier alpha value is -1.94. The molecule has 2 N–H and O–H groups in total. The molecule has 0 aromatic heterocycles. The number of rotatable bonds is 4. The Morgan fingerprint density at radius 1 is 1.06 bits per heavy atom. The zero-order chi connectivity index (χ0) is 13.0. The smallest absolute Gasteiger partial charge is 0.129 e. The number of para-hydroxylation sites is 1. The first-order valence-corrected chi connectivity index (χ1v) is 5.65. The molecule has 0 radical (unpaired) electrons. The summed E-state index contributed by atoms with van der Waals surface area (Å²) in [6, 6.07) is 11.7. The van der Waals surface area contributed by atoms with Crippen molar-refractivity contribution in [1.82, 2.24) is 5.43 Å². The molecule has 0 bridgehead atoms. The summed E-state index contributed by atoms with van der Waals surface area (Å²) >= 11 is 0. The number of hydrogen-bond donors (Lipinski definition) is 2. The Labute approximate surface area is 105 Å². The molecule has 0 aliphatic heterocycles. The van der Waals surface area contributed by atoms with Crippen molar-refractivity contribution in [1.29, 1.82) is 0 Å². The number of nitrogens with one attached hydrogen (secondary N) is 2. The highest BCUT2D eigenvalue weighted by molar-refractivity contribution is 5.41. The van der Waals surface area contributed by atoms with Crippen LogP contribution < -0.4 is 10.9 Å². The Morgan fingerprint density at radius 3 is 2.50 bits per heavy atom. The molecule has 0 fully saturated rings. The molecule has 0 heterocycles. The summed E-state index contributed by atoms with van der Waals surface area (Å²) in [6.45, 7) is 1.98. The van der Waals surface area contributed by atoms with Crippen molar-refractivity contribution < 1.29 is 8.78 Å². The maximum atomic E-state index is 13.3. The van der Waals surface area contributed by atoms with Gasteiger partial charge in [-0.2, -0.15) is 0 Å². The van der Waals surface area contributed by atoms with Crippen LogP contribution in [0.5, 0.6) is 0 Å². The van der Waals surface area contributed by atoms with Gasteiger partial charge in [0, 0.05) is 18.3 Å². The summed E-state index contributed by atoms with van der Waals surface area (Å²) in [6.07, 6.45) is 0. The molecule has 0 amide bonds. The molecule has 2 rings (SSSR count). The predicted molar refractivity (Wildman–Crippen MR) is 68.0 cm³/mol. The lowest BCUT2D eigenvalue weighted by Crippen LogP contribution is -2.21. The van der Waals surface area contributed by atoms with Gasteiger partial charge in [-0.1, -0.05) is 18.2 Å². The molecule has 94 valence electrons. The van der Waals surface area contributed by atoms with Crippen molar-refractivity contribution in [2.75, 3.05) is 5.43 Å². The van der Waals surface area contributed by atoms with E-state index >= 15 is 0 Å². The zero-order valence-corrected chi connectivity index (χ0v) is 10.0. The van der Waals surface area contributed by atoms with Crippen LogP contribution in [0, 0.1) is 18.6 Å². The van der Waals surface area contributed by atoms with E-state index < -0.39 is 11.6 Å². The van der Waals surface area contributed by atoms with Gasteiger partial charge in [0.25, 0.3) is 0 Å². The fourth-order valence-corrected chi connectivity index (χ4v) is 1.65. The third kappa shape index (κ3) is 3.05. The van der Waals surface area contributed by atoms with E-state index in [1.807, 2.05) is 30.3 Å². The molecule has 0 aliphatic carbocycles. The lowest BCUT2D eigenvalue weighted by Gasteiger charge is -2.11. The Bertz CT molecular complexity index is 527. The van der Waals surface area contributed by atoms with E-state index in [0.29, 0.717) is 17.7 Å². The van der Waals surface area contributed by atoms with Gasteiger partial charge in [0.1, 0.15) is 11.6 Å². The lowest BCUT2D eigenvalue weighted by atomic mass is 10.1. The van der Waals surface area contributed by atoms with Crippen LogP contribution >= 0.6 is 0 Å². The van der Waals surface area contributed by atoms with Crippen LogP contribution in [0.2, 0.25) is 0 Å². The Kier molecular flexibility index (Phi) is 3.89. The largest absolute Gasteiger partial charge is 0.321 e. The van der Waals surface area contributed by atoms with E-state index in [1.165, 1.54) is 6.07 Å². The van der Waals surface area contributed by atoms with Gasteiger partial charge in [-0.15, -0.1) is 0 Å². The van der Waals surface area contributed by atoms with Crippen LogP contribution in [0.3, 0.4) is 0 Å². The molecule has 0 aliphatic rings. The average Bonchev–Trinajstić information content (AvgIpc) is 2.36. The normalized spacial score (nSPS) is 10.4. The number of hydrogen-bond acceptors (Lipinski definition) is 2. The van der Waals surface area contributed by atoms with Crippen LogP contribution in [0.15, 0.2) is 42.5 Å². The summed E-state index contributed by atoms with van der Waals surface area (Å²) in [5, 5.41) is 0. The average molecular weight is 248 g/mol. The predicted octanol–water partition coefficient (Wildman–Crippen LogP) is 3.39. The second kappa shape index (κ2) is 5.60. The zero-order valence-electron chi connectivity index (χ0n) is 10.0. The van der Waals surface area contributed by atoms with E-state index in [9.17, 15) is 8.78 Å². The molecule has 0 atom stereocenters. The molecule has 0 saturated carbocycles. The molecule has 0 spiro atoms. The first-order chi connectivity index (χ1) is 8.66. The summed E-state index contributed by atoms with van der Waals surface area (Å²) in [5.41, 5.74) is 7.84. The van der Waals surface area contributed by atoms with E-state index in [4.69, 9.17) is 0 Å². The SMILES string of the molecule is Cc1c(F)cc(F)cc1CNNc1ccccc1. The van der Waals surface area contributed by atoms with Crippen LogP contribution in [-0.4, -0.2) is 0 Å². The third-order valence-electron chi connectivity index (χ3n) is 2.70. The number of benzene rings is 2. The molecule has 4 heteroatoms. The molecule has 2 aromatic rings. The molecular weight excluding hydrogens is 234 g/mol. The summed E-state index contributed by atoms with van der Waals surface area (Å²) in [4.78, 5) is 0. The minimum atomic E-state index is -0.561. The minimum Gasteiger partial charge on any atom is -0.321 e. The van der Waals surface area contributed by atoms with Gasteiger partial charge in [-0.3, -0.25) is 0 Å². The van der Waals surface area contributed by atoms with Gasteiger partial charge in [0.2, 0.25) is 0 Å². The lowest BCUT2D eigenvalue weighted by molar-refractivity contribution is 0.571. The Morgan fingerprint density at radius 2 is 1.78 bits per heavy atom. The number of halogens is 2. The molecule has 2 nitrogen and oxygen atoms in total. The summed E-state index contributed by atoms with van der Waals surface area (Å²) < 4.78 is 26.4. The van der Waals surface area contributed by atoms with Crippen molar-refractivity contribution >= 4 is 5.69 Å². The van der Waals surface area contributed by atoms with Gasteiger partial charge in [-0.05, 0) is 36.2 Å². The Balaban J connectivity index is 1.99. The highest BCUT2D eigenvalue weighted by Crippen LogP contribution is 2.14. The highest BCUT2D eigenvalue weighted by atomic mass is 19.1. The molecule has 0 saturated heterocycles.